The standard InChI is InChI=1S/C11H17N5O2/c12-15-11-6-9(16(17)18)5-10(14-11)13-7-8-3-1-2-4-8/h5-6,8H,1-4,7,12H2,(H2,13,14,15). The van der Waals surface area contributed by atoms with Crippen LogP contribution in [0, 0.1) is 16.0 Å². The van der Waals surface area contributed by atoms with E-state index in [2.05, 4.69) is 15.7 Å². The average molecular weight is 251 g/mol. The highest BCUT2D eigenvalue weighted by Crippen LogP contribution is 2.26. The van der Waals surface area contributed by atoms with E-state index in [9.17, 15) is 10.1 Å². The molecule has 1 fully saturated rings. The molecule has 1 aliphatic rings. The van der Waals surface area contributed by atoms with Crippen molar-refractivity contribution in [3.8, 4) is 0 Å². The number of anilines is 2. The fourth-order valence-electron chi connectivity index (χ4n) is 2.25. The summed E-state index contributed by atoms with van der Waals surface area (Å²) >= 11 is 0. The van der Waals surface area contributed by atoms with E-state index in [1.54, 1.807) is 0 Å². The summed E-state index contributed by atoms with van der Waals surface area (Å²) in [5.41, 5.74) is 2.31. The molecule has 0 amide bonds. The lowest BCUT2D eigenvalue weighted by Gasteiger charge is -2.11. The topological polar surface area (TPSA) is 106 Å². The summed E-state index contributed by atoms with van der Waals surface area (Å²) in [4.78, 5) is 14.5. The highest BCUT2D eigenvalue weighted by molar-refractivity contribution is 5.54. The SMILES string of the molecule is NNc1cc([N+](=O)[O-])cc(NCC2CCCC2)n1. The minimum absolute atomic E-state index is 0.0214. The van der Waals surface area contributed by atoms with Crippen molar-refractivity contribution < 1.29 is 4.92 Å². The van der Waals surface area contributed by atoms with Gasteiger partial charge >= 0.3 is 0 Å². The fraction of sp³-hybridized carbons (Fsp3) is 0.545. The molecule has 0 aliphatic heterocycles. The Morgan fingerprint density at radius 2 is 2.06 bits per heavy atom. The second-order valence-electron chi connectivity index (χ2n) is 4.53. The lowest BCUT2D eigenvalue weighted by atomic mass is 10.1. The van der Waals surface area contributed by atoms with Crippen molar-refractivity contribution in [3.63, 3.8) is 0 Å². The Labute approximate surface area is 105 Å². The smallest absolute Gasteiger partial charge is 0.276 e. The molecule has 1 aromatic rings. The number of pyridine rings is 1. The zero-order chi connectivity index (χ0) is 13.0. The molecule has 1 heterocycles. The van der Waals surface area contributed by atoms with Crippen LogP contribution in [0.5, 0.6) is 0 Å². The molecular formula is C11H17N5O2. The molecule has 0 radical (unpaired) electrons. The maximum atomic E-state index is 10.8. The summed E-state index contributed by atoms with van der Waals surface area (Å²) in [5.74, 6) is 6.66. The molecule has 0 spiro atoms. The van der Waals surface area contributed by atoms with Crippen LogP contribution in [0.15, 0.2) is 12.1 Å². The fourth-order valence-corrected chi connectivity index (χ4v) is 2.25. The maximum absolute atomic E-state index is 10.8. The van der Waals surface area contributed by atoms with E-state index in [0.29, 0.717) is 11.7 Å². The quantitative estimate of drug-likeness (QED) is 0.419. The summed E-state index contributed by atoms with van der Waals surface area (Å²) in [7, 11) is 0. The number of hydrazine groups is 1. The summed E-state index contributed by atoms with van der Waals surface area (Å²) < 4.78 is 0. The van der Waals surface area contributed by atoms with Crippen molar-refractivity contribution >= 4 is 17.3 Å². The number of nitrogens with one attached hydrogen (secondary N) is 2. The van der Waals surface area contributed by atoms with E-state index in [1.165, 1.54) is 37.8 Å². The molecule has 1 saturated carbocycles. The average Bonchev–Trinajstić information content (AvgIpc) is 2.89. The minimum Gasteiger partial charge on any atom is -0.370 e. The Balaban J connectivity index is 2.05. The number of hydrogen-bond donors (Lipinski definition) is 3. The molecule has 1 aliphatic carbocycles. The van der Waals surface area contributed by atoms with Gasteiger partial charge in [-0.3, -0.25) is 10.1 Å². The van der Waals surface area contributed by atoms with Crippen molar-refractivity contribution in [3.05, 3.63) is 22.2 Å². The monoisotopic (exact) mass is 251 g/mol. The summed E-state index contributed by atoms with van der Waals surface area (Å²) in [6.07, 6.45) is 4.96. The first-order valence-corrected chi connectivity index (χ1v) is 6.06. The van der Waals surface area contributed by atoms with E-state index in [0.717, 1.165) is 6.54 Å². The normalized spacial score (nSPS) is 15.6. The second kappa shape index (κ2) is 5.63. The predicted molar refractivity (Wildman–Crippen MR) is 69.1 cm³/mol. The molecule has 18 heavy (non-hydrogen) atoms. The van der Waals surface area contributed by atoms with Gasteiger partial charge in [0.05, 0.1) is 17.1 Å². The highest BCUT2D eigenvalue weighted by Gasteiger charge is 2.16. The minimum atomic E-state index is -0.455. The van der Waals surface area contributed by atoms with Crippen molar-refractivity contribution in [1.82, 2.24) is 4.98 Å². The zero-order valence-corrected chi connectivity index (χ0v) is 10.1. The number of nitrogen functional groups attached to an aromatic ring is 1. The third kappa shape index (κ3) is 3.07. The number of nitrogens with two attached hydrogens (primary N) is 1. The molecule has 98 valence electrons. The Morgan fingerprint density at radius 1 is 1.39 bits per heavy atom. The van der Waals surface area contributed by atoms with Crippen molar-refractivity contribution in [2.24, 2.45) is 11.8 Å². The van der Waals surface area contributed by atoms with Crippen LogP contribution in [0.25, 0.3) is 0 Å². The van der Waals surface area contributed by atoms with E-state index in [4.69, 9.17) is 5.84 Å². The molecule has 0 bridgehead atoms. The molecule has 0 unspecified atom stereocenters. The highest BCUT2D eigenvalue weighted by atomic mass is 16.6. The van der Waals surface area contributed by atoms with E-state index >= 15 is 0 Å². The van der Waals surface area contributed by atoms with Crippen LogP contribution in [0.4, 0.5) is 17.3 Å². The van der Waals surface area contributed by atoms with Gasteiger partial charge in [-0.05, 0) is 18.8 Å². The number of nitrogens with zero attached hydrogens (tertiary/aromatic N) is 2. The van der Waals surface area contributed by atoms with Gasteiger partial charge in [-0.1, -0.05) is 12.8 Å². The zero-order valence-electron chi connectivity index (χ0n) is 10.1. The van der Waals surface area contributed by atoms with Crippen molar-refractivity contribution in [2.45, 2.75) is 25.7 Å². The third-order valence-corrected chi connectivity index (χ3v) is 3.22. The molecule has 4 N–H and O–H groups in total. The van der Waals surface area contributed by atoms with Crippen LogP contribution in [0.3, 0.4) is 0 Å². The maximum Gasteiger partial charge on any atom is 0.276 e. The summed E-state index contributed by atoms with van der Waals surface area (Å²) in [6.45, 7) is 0.804. The van der Waals surface area contributed by atoms with Gasteiger partial charge < -0.3 is 10.7 Å². The van der Waals surface area contributed by atoms with E-state index < -0.39 is 4.92 Å². The van der Waals surface area contributed by atoms with Crippen LogP contribution in [0.2, 0.25) is 0 Å². The molecule has 0 saturated heterocycles. The van der Waals surface area contributed by atoms with Gasteiger partial charge in [0.25, 0.3) is 5.69 Å². The Morgan fingerprint density at radius 3 is 2.67 bits per heavy atom. The molecule has 2 rings (SSSR count). The van der Waals surface area contributed by atoms with Crippen LogP contribution >= 0.6 is 0 Å². The van der Waals surface area contributed by atoms with E-state index in [-0.39, 0.29) is 11.5 Å². The first-order chi connectivity index (χ1) is 8.69. The van der Waals surface area contributed by atoms with Crippen LogP contribution in [-0.2, 0) is 0 Å². The van der Waals surface area contributed by atoms with Gasteiger partial charge in [0.15, 0.2) is 0 Å². The molecule has 7 nitrogen and oxygen atoms in total. The number of hydrogen-bond acceptors (Lipinski definition) is 6. The van der Waals surface area contributed by atoms with Crippen LogP contribution < -0.4 is 16.6 Å². The second-order valence-corrected chi connectivity index (χ2v) is 4.53. The van der Waals surface area contributed by atoms with Gasteiger partial charge in [0.2, 0.25) is 0 Å². The van der Waals surface area contributed by atoms with Crippen LogP contribution in [0.1, 0.15) is 25.7 Å². The van der Waals surface area contributed by atoms with Gasteiger partial charge in [0, 0.05) is 6.54 Å². The Hall–Kier alpha value is -1.89. The van der Waals surface area contributed by atoms with Crippen LogP contribution in [-0.4, -0.2) is 16.5 Å². The summed E-state index contributed by atoms with van der Waals surface area (Å²) in [6, 6.07) is 2.73. The largest absolute Gasteiger partial charge is 0.370 e. The summed E-state index contributed by atoms with van der Waals surface area (Å²) in [5, 5.41) is 13.9. The lowest BCUT2D eigenvalue weighted by Crippen LogP contribution is -2.14. The number of rotatable bonds is 5. The van der Waals surface area contributed by atoms with Gasteiger partial charge in [0.1, 0.15) is 11.6 Å². The number of aromatic nitrogens is 1. The molecule has 0 atom stereocenters. The first-order valence-electron chi connectivity index (χ1n) is 6.06. The van der Waals surface area contributed by atoms with Gasteiger partial charge in [-0.15, -0.1) is 0 Å². The third-order valence-electron chi connectivity index (χ3n) is 3.22. The lowest BCUT2D eigenvalue weighted by molar-refractivity contribution is -0.384. The van der Waals surface area contributed by atoms with Crippen molar-refractivity contribution in [2.75, 3.05) is 17.3 Å². The Kier molecular flexibility index (Phi) is 3.93. The van der Waals surface area contributed by atoms with Gasteiger partial charge in [-0.25, -0.2) is 10.8 Å². The molecule has 0 aromatic carbocycles. The molecule has 1 aromatic heterocycles. The predicted octanol–water partition coefficient (Wildman–Crippen LogP) is 1.88. The molecular weight excluding hydrogens is 234 g/mol. The Bertz CT molecular complexity index is 431. The van der Waals surface area contributed by atoms with Crippen molar-refractivity contribution in [1.29, 1.82) is 0 Å². The number of nitro groups is 1. The molecule has 7 heteroatoms. The van der Waals surface area contributed by atoms with Gasteiger partial charge in [-0.2, -0.15) is 0 Å². The first kappa shape index (κ1) is 12.6. The van der Waals surface area contributed by atoms with E-state index in [1.807, 2.05) is 0 Å².